The third-order valence-corrected chi connectivity index (χ3v) is 2.53. The Labute approximate surface area is 78.9 Å². The first kappa shape index (κ1) is 10.3. The molecule has 0 spiro atoms. The van der Waals surface area contributed by atoms with E-state index in [1.54, 1.807) is 0 Å². The fourth-order valence-electron chi connectivity index (χ4n) is 1.51. The molecule has 72 valence electrons. The predicted molar refractivity (Wildman–Crippen MR) is 49.6 cm³/mol. The van der Waals surface area contributed by atoms with E-state index < -0.39 is 4.87 Å². The smallest absolute Gasteiger partial charge is 0.0673 e. The molecule has 12 heavy (non-hydrogen) atoms. The molecule has 1 heterocycles. The average Bonchev–Trinajstić information content (AvgIpc) is 2.06. The summed E-state index contributed by atoms with van der Waals surface area (Å²) in [6, 6.07) is 0. The van der Waals surface area contributed by atoms with E-state index in [0.717, 1.165) is 25.9 Å². The molecule has 1 saturated heterocycles. The maximum Gasteiger partial charge on any atom is 0.0673 e. The van der Waals surface area contributed by atoms with Crippen LogP contribution >= 0.6 is 11.6 Å². The highest BCUT2D eigenvalue weighted by Crippen LogP contribution is 2.26. The number of ether oxygens (including phenoxy) is 1. The lowest BCUT2D eigenvalue weighted by Crippen LogP contribution is -2.31. The van der Waals surface area contributed by atoms with E-state index in [4.69, 9.17) is 21.4 Å². The summed E-state index contributed by atoms with van der Waals surface area (Å²) in [6.45, 7) is 2.73. The quantitative estimate of drug-likeness (QED) is 0.693. The summed E-state index contributed by atoms with van der Waals surface area (Å²) in [5.41, 5.74) is 0. The molecule has 1 N–H and O–H groups in total. The van der Waals surface area contributed by atoms with Crippen molar-refractivity contribution in [3.63, 3.8) is 0 Å². The normalized spacial score (nSPS) is 29.8. The van der Waals surface area contributed by atoms with Crippen molar-refractivity contribution in [1.82, 2.24) is 0 Å². The summed E-state index contributed by atoms with van der Waals surface area (Å²) in [5.74, 6) is 0. The minimum atomic E-state index is -0.498. The first-order chi connectivity index (χ1) is 5.64. The van der Waals surface area contributed by atoms with Crippen LogP contribution in [0.4, 0.5) is 0 Å². The second-order valence-corrected chi connectivity index (χ2v) is 4.68. The SMILES string of the molecule is C[C@](Cl)(CO)CC1CCCCO1. The van der Waals surface area contributed by atoms with Crippen molar-refractivity contribution in [3.8, 4) is 0 Å². The number of hydrogen-bond acceptors (Lipinski definition) is 2. The van der Waals surface area contributed by atoms with Crippen LogP contribution in [-0.4, -0.2) is 29.3 Å². The molecule has 0 amide bonds. The fraction of sp³-hybridized carbons (Fsp3) is 1.00. The van der Waals surface area contributed by atoms with Gasteiger partial charge in [-0.25, -0.2) is 0 Å². The Balaban J connectivity index is 2.28. The summed E-state index contributed by atoms with van der Waals surface area (Å²) in [5, 5.41) is 8.94. The van der Waals surface area contributed by atoms with Crippen LogP contribution in [0, 0.1) is 0 Å². The highest BCUT2D eigenvalue weighted by atomic mass is 35.5. The van der Waals surface area contributed by atoms with Crippen LogP contribution in [0.2, 0.25) is 0 Å². The molecule has 0 aliphatic carbocycles. The van der Waals surface area contributed by atoms with Gasteiger partial charge in [0.25, 0.3) is 0 Å². The molecule has 0 saturated carbocycles. The first-order valence-corrected chi connectivity index (χ1v) is 4.93. The molecule has 1 rings (SSSR count). The minimum Gasteiger partial charge on any atom is -0.395 e. The Morgan fingerprint density at radius 1 is 1.58 bits per heavy atom. The Morgan fingerprint density at radius 2 is 2.33 bits per heavy atom. The van der Waals surface area contributed by atoms with Gasteiger partial charge >= 0.3 is 0 Å². The topological polar surface area (TPSA) is 29.5 Å². The summed E-state index contributed by atoms with van der Waals surface area (Å²) < 4.78 is 5.52. The van der Waals surface area contributed by atoms with Crippen LogP contribution in [-0.2, 0) is 4.74 Å². The van der Waals surface area contributed by atoms with Crippen molar-refractivity contribution in [2.45, 2.75) is 43.6 Å². The van der Waals surface area contributed by atoms with Crippen LogP contribution in [0.15, 0.2) is 0 Å². The summed E-state index contributed by atoms with van der Waals surface area (Å²) in [4.78, 5) is -0.498. The lowest BCUT2D eigenvalue weighted by Gasteiger charge is -2.28. The molecule has 1 fully saturated rings. The van der Waals surface area contributed by atoms with Crippen molar-refractivity contribution >= 4 is 11.6 Å². The standard InChI is InChI=1S/C9H17ClO2/c1-9(10,7-11)6-8-4-2-3-5-12-8/h8,11H,2-7H2,1H3/t8?,9-/m1/s1. The molecule has 1 aliphatic heterocycles. The third kappa shape index (κ3) is 3.30. The summed E-state index contributed by atoms with van der Waals surface area (Å²) in [6.07, 6.45) is 4.49. The van der Waals surface area contributed by atoms with Crippen LogP contribution in [0.5, 0.6) is 0 Å². The van der Waals surface area contributed by atoms with E-state index in [2.05, 4.69) is 0 Å². The van der Waals surface area contributed by atoms with Gasteiger partial charge in [0.05, 0.1) is 17.6 Å². The van der Waals surface area contributed by atoms with E-state index in [9.17, 15) is 0 Å². The lowest BCUT2D eigenvalue weighted by molar-refractivity contribution is 0.00147. The summed E-state index contributed by atoms with van der Waals surface area (Å²) in [7, 11) is 0. The predicted octanol–water partition coefficient (Wildman–Crippen LogP) is 1.94. The Morgan fingerprint density at radius 3 is 2.83 bits per heavy atom. The number of hydrogen-bond donors (Lipinski definition) is 1. The Bertz CT molecular complexity index is 130. The molecule has 0 aromatic heterocycles. The molecule has 2 nitrogen and oxygen atoms in total. The second kappa shape index (κ2) is 4.45. The maximum absolute atomic E-state index is 8.94. The van der Waals surface area contributed by atoms with Gasteiger partial charge < -0.3 is 9.84 Å². The van der Waals surface area contributed by atoms with Gasteiger partial charge in [-0.1, -0.05) is 0 Å². The van der Waals surface area contributed by atoms with Crippen LogP contribution in [0.3, 0.4) is 0 Å². The number of rotatable bonds is 3. The monoisotopic (exact) mass is 192 g/mol. The van der Waals surface area contributed by atoms with Gasteiger partial charge in [-0.2, -0.15) is 0 Å². The van der Waals surface area contributed by atoms with E-state index in [1.165, 1.54) is 6.42 Å². The Hall–Kier alpha value is 0.210. The third-order valence-electron chi connectivity index (χ3n) is 2.26. The van der Waals surface area contributed by atoms with Crippen LogP contribution in [0.1, 0.15) is 32.6 Å². The maximum atomic E-state index is 8.94. The van der Waals surface area contributed by atoms with Crippen molar-refractivity contribution in [3.05, 3.63) is 0 Å². The molecule has 0 aromatic carbocycles. The zero-order valence-electron chi connectivity index (χ0n) is 7.55. The second-order valence-electron chi connectivity index (χ2n) is 3.76. The van der Waals surface area contributed by atoms with Gasteiger partial charge in [-0.15, -0.1) is 11.6 Å². The van der Waals surface area contributed by atoms with Crippen LogP contribution < -0.4 is 0 Å². The highest BCUT2D eigenvalue weighted by Gasteiger charge is 2.26. The number of alkyl halides is 1. The van der Waals surface area contributed by atoms with E-state index in [1.807, 2.05) is 6.92 Å². The van der Waals surface area contributed by atoms with E-state index in [-0.39, 0.29) is 12.7 Å². The van der Waals surface area contributed by atoms with Crippen molar-refractivity contribution in [2.75, 3.05) is 13.2 Å². The van der Waals surface area contributed by atoms with Gasteiger partial charge in [0.2, 0.25) is 0 Å². The van der Waals surface area contributed by atoms with Crippen LogP contribution in [0.25, 0.3) is 0 Å². The molecular weight excluding hydrogens is 176 g/mol. The number of halogens is 1. The van der Waals surface area contributed by atoms with E-state index >= 15 is 0 Å². The first-order valence-electron chi connectivity index (χ1n) is 4.55. The van der Waals surface area contributed by atoms with Gasteiger partial charge in [-0.05, 0) is 32.6 Å². The zero-order chi connectivity index (χ0) is 9.03. The Kier molecular flexibility index (Phi) is 3.81. The molecule has 0 radical (unpaired) electrons. The zero-order valence-corrected chi connectivity index (χ0v) is 8.31. The van der Waals surface area contributed by atoms with Crippen molar-refractivity contribution in [1.29, 1.82) is 0 Å². The van der Waals surface area contributed by atoms with Crippen molar-refractivity contribution in [2.24, 2.45) is 0 Å². The summed E-state index contributed by atoms with van der Waals surface area (Å²) >= 11 is 6.02. The molecule has 1 aliphatic rings. The van der Waals surface area contributed by atoms with Crippen molar-refractivity contribution < 1.29 is 9.84 Å². The largest absolute Gasteiger partial charge is 0.395 e. The number of aliphatic hydroxyl groups excluding tert-OH is 1. The molecule has 0 aromatic rings. The molecule has 0 bridgehead atoms. The van der Waals surface area contributed by atoms with Gasteiger partial charge in [0.15, 0.2) is 0 Å². The minimum absolute atomic E-state index is 0.0222. The van der Waals surface area contributed by atoms with Gasteiger partial charge in [0.1, 0.15) is 0 Å². The molecular formula is C9H17ClO2. The molecule has 1 unspecified atom stereocenters. The van der Waals surface area contributed by atoms with Gasteiger partial charge in [0, 0.05) is 6.61 Å². The lowest BCUT2D eigenvalue weighted by atomic mass is 9.98. The van der Waals surface area contributed by atoms with E-state index in [0.29, 0.717) is 0 Å². The fourth-order valence-corrected chi connectivity index (χ4v) is 1.68. The highest BCUT2D eigenvalue weighted by molar-refractivity contribution is 6.23. The van der Waals surface area contributed by atoms with Gasteiger partial charge in [-0.3, -0.25) is 0 Å². The average molecular weight is 193 g/mol. The molecule has 2 atom stereocenters. The number of aliphatic hydroxyl groups is 1. The molecule has 3 heteroatoms.